The van der Waals surface area contributed by atoms with Crippen molar-refractivity contribution in [3.05, 3.63) is 64.4 Å². The number of aromatic nitrogens is 2. The number of esters is 1. The number of nitrogens with zero attached hydrogens (tertiary/aromatic N) is 3. The number of anilines is 1. The molecule has 2 N–H and O–H groups in total. The quantitative estimate of drug-likeness (QED) is 0.281. The Bertz CT molecular complexity index is 1460. The van der Waals surface area contributed by atoms with E-state index in [0.29, 0.717) is 23.9 Å². The van der Waals surface area contributed by atoms with Crippen LogP contribution in [0.5, 0.6) is 0 Å². The third-order valence-corrected chi connectivity index (χ3v) is 9.61. The molecule has 2 aromatic heterocycles. The largest absolute Gasteiger partial charge is 0.466 e. The van der Waals surface area contributed by atoms with E-state index in [4.69, 9.17) is 0 Å². The monoisotopic (exact) mass is 587 g/mol. The predicted molar refractivity (Wildman–Crippen MR) is 161 cm³/mol. The summed E-state index contributed by atoms with van der Waals surface area (Å²) in [6.45, 7) is 0.595. The predicted octanol–water partition coefficient (Wildman–Crippen LogP) is 4.30. The molecule has 2 aromatic rings. The molecule has 1 atom stereocenters. The SMILES string of the molecule is COC(=O)/C=C/CC[C@H](NC(=O)c1cc(C#N)cn1C)C(=O)Nc1cccn(CCCC23CC4CC(CC(C4)C2)C3)c1=O. The van der Waals surface area contributed by atoms with E-state index in [1.165, 1.54) is 68.5 Å². The van der Waals surface area contributed by atoms with Crippen LogP contribution >= 0.6 is 0 Å². The minimum atomic E-state index is -1.00. The maximum atomic E-state index is 13.4. The number of carbonyl (C=O) groups is 3. The maximum Gasteiger partial charge on any atom is 0.330 e. The number of nitriles is 1. The Hall–Kier alpha value is -4.13. The Balaban J connectivity index is 1.23. The lowest BCUT2D eigenvalue weighted by Crippen LogP contribution is -2.46. The topological polar surface area (TPSA) is 135 Å². The highest BCUT2D eigenvalue weighted by Gasteiger charge is 2.50. The highest BCUT2D eigenvalue weighted by atomic mass is 16.5. The van der Waals surface area contributed by atoms with Gasteiger partial charge in [0, 0.05) is 32.1 Å². The van der Waals surface area contributed by atoms with Gasteiger partial charge < -0.3 is 24.5 Å². The molecule has 0 unspecified atom stereocenters. The molecule has 0 radical (unpaired) electrons. The maximum absolute atomic E-state index is 13.4. The molecule has 4 bridgehead atoms. The minimum Gasteiger partial charge on any atom is -0.466 e. The van der Waals surface area contributed by atoms with Crippen LogP contribution in [0.4, 0.5) is 5.69 Å². The molecule has 10 nitrogen and oxygen atoms in total. The molecule has 0 spiro atoms. The molecule has 4 saturated carbocycles. The summed E-state index contributed by atoms with van der Waals surface area (Å²) in [6.07, 6.45) is 16.9. The second-order valence-corrected chi connectivity index (χ2v) is 12.8. The molecule has 0 saturated heterocycles. The van der Waals surface area contributed by atoms with E-state index in [-0.39, 0.29) is 23.4 Å². The standard InChI is InChI=1S/C33H41N5O5/c1-37-21-25(20-34)16-28(37)31(41)35-26(7-3-4-9-29(39)43-2)30(40)36-27-8-5-11-38(32(27)42)12-6-10-33-17-22-13-23(18-33)15-24(14-22)19-33/h4-5,8-9,11,16,21-24,26H,3,6-7,10,12-15,17-19H2,1-2H3,(H,35,41)(H,36,40)/b9-4+/t22?,23?,24?,26-,33?/m0/s1. The molecule has 43 heavy (non-hydrogen) atoms. The van der Waals surface area contributed by atoms with E-state index in [1.807, 2.05) is 6.07 Å². The van der Waals surface area contributed by atoms with Gasteiger partial charge in [-0.1, -0.05) is 6.08 Å². The first-order chi connectivity index (χ1) is 20.7. The van der Waals surface area contributed by atoms with Crippen molar-refractivity contribution in [2.45, 2.75) is 76.8 Å². The van der Waals surface area contributed by atoms with Crippen LogP contribution in [0.15, 0.2) is 47.5 Å². The van der Waals surface area contributed by atoms with Crippen LogP contribution in [-0.2, 0) is 27.9 Å². The number of carbonyl (C=O) groups excluding carboxylic acids is 3. The van der Waals surface area contributed by atoms with Crippen molar-refractivity contribution in [2.75, 3.05) is 12.4 Å². The molecule has 6 rings (SSSR count). The average molecular weight is 588 g/mol. The van der Waals surface area contributed by atoms with Gasteiger partial charge in [0.15, 0.2) is 0 Å². The minimum absolute atomic E-state index is 0.150. The molecule has 2 heterocycles. The fourth-order valence-corrected chi connectivity index (χ4v) is 8.11. The average Bonchev–Trinajstić information content (AvgIpc) is 3.36. The van der Waals surface area contributed by atoms with E-state index < -0.39 is 23.8 Å². The normalized spacial score (nSPS) is 24.4. The number of allylic oxidation sites excluding steroid dienone is 1. The zero-order valence-electron chi connectivity index (χ0n) is 25.0. The number of methoxy groups -OCH3 is 1. The van der Waals surface area contributed by atoms with Crippen molar-refractivity contribution in [2.24, 2.45) is 30.2 Å². The molecule has 4 fully saturated rings. The van der Waals surface area contributed by atoms with Crippen molar-refractivity contribution in [1.82, 2.24) is 14.5 Å². The van der Waals surface area contributed by atoms with Crippen LogP contribution in [0.25, 0.3) is 0 Å². The third kappa shape index (κ3) is 7.10. The lowest BCUT2D eigenvalue weighted by atomic mass is 9.48. The number of hydrogen-bond acceptors (Lipinski definition) is 6. The first kappa shape index (κ1) is 30.3. The van der Waals surface area contributed by atoms with E-state index in [1.54, 1.807) is 36.0 Å². The zero-order valence-corrected chi connectivity index (χ0v) is 25.0. The van der Waals surface area contributed by atoms with Gasteiger partial charge >= 0.3 is 5.97 Å². The number of aryl methyl sites for hydroxylation is 2. The Kier molecular flexibility index (Phi) is 9.19. The number of hydrogen-bond donors (Lipinski definition) is 2. The Morgan fingerprint density at radius 2 is 1.88 bits per heavy atom. The van der Waals surface area contributed by atoms with Crippen LogP contribution in [-0.4, -0.2) is 40.1 Å². The van der Waals surface area contributed by atoms with Gasteiger partial charge in [-0.3, -0.25) is 14.4 Å². The van der Waals surface area contributed by atoms with Crippen molar-refractivity contribution in [3.8, 4) is 6.07 Å². The zero-order chi connectivity index (χ0) is 30.6. The van der Waals surface area contributed by atoms with Crippen LogP contribution in [0.1, 0.15) is 80.3 Å². The van der Waals surface area contributed by atoms with Gasteiger partial charge in [0.05, 0.1) is 12.7 Å². The summed E-state index contributed by atoms with van der Waals surface area (Å²) >= 11 is 0. The highest BCUT2D eigenvalue weighted by molar-refractivity contribution is 6.00. The Labute approximate surface area is 252 Å². The number of ether oxygens (including phenoxy) is 1. The Morgan fingerprint density at radius 3 is 2.51 bits per heavy atom. The van der Waals surface area contributed by atoms with Crippen LogP contribution in [0.3, 0.4) is 0 Å². The van der Waals surface area contributed by atoms with E-state index in [0.717, 1.165) is 30.6 Å². The van der Waals surface area contributed by atoms with Crippen LogP contribution < -0.4 is 16.2 Å². The van der Waals surface area contributed by atoms with Crippen LogP contribution in [0.2, 0.25) is 0 Å². The summed E-state index contributed by atoms with van der Waals surface area (Å²) in [7, 11) is 2.91. The number of rotatable bonds is 12. The van der Waals surface area contributed by atoms with Gasteiger partial charge in [-0.15, -0.1) is 0 Å². The molecule has 10 heteroatoms. The molecule has 0 aliphatic heterocycles. The second-order valence-electron chi connectivity index (χ2n) is 12.8. The summed E-state index contributed by atoms with van der Waals surface area (Å²) in [4.78, 5) is 51.2. The molecule has 4 aliphatic rings. The number of nitrogens with one attached hydrogen (secondary N) is 2. The first-order valence-electron chi connectivity index (χ1n) is 15.3. The van der Waals surface area contributed by atoms with Crippen molar-refractivity contribution in [3.63, 3.8) is 0 Å². The van der Waals surface area contributed by atoms with Crippen molar-refractivity contribution >= 4 is 23.5 Å². The van der Waals surface area contributed by atoms with Gasteiger partial charge in [-0.2, -0.15) is 5.26 Å². The van der Waals surface area contributed by atoms with Gasteiger partial charge in [-0.25, -0.2) is 4.79 Å². The van der Waals surface area contributed by atoms with E-state index in [9.17, 15) is 24.4 Å². The molecule has 4 aliphatic carbocycles. The van der Waals surface area contributed by atoms with Gasteiger partial charge in [0.1, 0.15) is 23.5 Å². The summed E-state index contributed by atoms with van der Waals surface area (Å²) in [5, 5.41) is 14.6. The summed E-state index contributed by atoms with van der Waals surface area (Å²) in [6, 6.07) is 5.77. The van der Waals surface area contributed by atoms with E-state index in [2.05, 4.69) is 15.4 Å². The second kappa shape index (κ2) is 13.0. The fourth-order valence-electron chi connectivity index (χ4n) is 8.11. The lowest BCUT2D eigenvalue weighted by Gasteiger charge is -2.57. The molecule has 2 amide bonds. The molecular weight excluding hydrogens is 546 g/mol. The lowest BCUT2D eigenvalue weighted by molar-refractivity contribution is -0.134. The smallest absolute Gasteiger partial charge is 0.330 e. The van der Waals surface area contributed by atoms with Gasteiger partial charge in [0.2, 0.25) is 5.91 Å². The first-order valence-corrected chi connectivity index (χ1v) is 15.3. The third-order valence-electron chi connectivity index (χ3n) is 9.61. The van der Waals surface area contributed by atoms with Crippen molar-refractivity contribution < 1.29 is 19.1 Å². The summed E-state index contributed by atoms with van der Waals surface area (Å²) in [5.41, 5.74) is 0.864. The highest BCUT2D eigenvalue weighted by Crippen LogP contribution is 2.61. The van der Waals surface area contributed by atoms with E-state index >= 15 is 0 Å². The number of pyridine rings is 1. The van der Waals surface area contributed by atoms with Crippen molar-refractivity contribution in [1.29, 1.82) is 5.26 Å². The van der Waals surface area contributed by atoms with Gasteiger partial charge in [0.25, 0.3) is 11.5 Å². The summed E-state index contributed by atoms with van der Waals surface area (Å²) in [5.74, 6) is 1.09. The molecular formula is C33H41N5O5. The molecule has 228 valence electrons. The Morgan fingerprint density at radius 1 is 1.19 bits per heavy atom. The fraction of sp³-hybridized carbons (Fsp3) is 0.545. The molecule has 0 aromatic carbocycles. The number of amides is 2. The van der Waals surface area contributed by atoms with Crippen LogP contribution in [0, 0.1) is 34.5 Å². The van der Waals surface area contributed by atoms with Gasteiger partial charge in [-0.05, 0) is 106 Å². The summed E-state index contributed by atoms with van der Waals surface area (Å²) < 4.78 is 7.78.